The number of fused-ring (bicyclic) bond motifs is 1. The summed E-state index contributed by atoms with van der Waals surface area (Å²) < 4.78 is 37.9. The molecule has 0 saturated heterocycles. The molecule has 0 amide bonds. The number of halogens is 1. The Labute approximate surface area is 152 Å². The number of thiophene rings is 1. The number of rotatable bonds is 6. The van der Waals surface area contributed by atoms with E-state index in [0.29, 0.717) is 28.9 Å². The Hall–Kier alpha value is -1.19. The molecule has 0 spiro atoms. The van der Waals surface area contributed by atoms with E-state index in [9.17, 15) is 8.42 Å². The first-order chi connectivity index (χ1) is 11.5. The normalized spacial score (nSPS) is 13.0. The Morgan fingerprint density at radius 1 is 1.21 bits per heavy atom. The SMILES string of the molecule is CCOCCn1/c(=N/S(=O)(=O)c2ccc(Cl)s2)sc2ccccc21. The second kappa shape index (κ2) is 7.37. The lowest BCUT2D eigenvalue weighted by molar-refractivity contribution is 0.139. The smallest absolute Gasteiger partial charge is 0.294 e. The molecule has 0 aliphatic heterocycles. The molecule has 0 aliphatic carbocycles. The Balaban J connectivity index is 2.12. The van der Waals surface area contributed by atoms with Crippen LogP contribution in [0.2, 0.25) is 4.34 Å². The summed E-state index contributed by atoms with van der Waals surface area (Å²) in [6.45, 7) is 3.57. The van der Waals surface area contributed by atoms with E-state index in [4.69, 9.17) is 16.3 Å². The van der Waals surface area contributed by atoms with Crippen molar-refractivity contribution in [2.24, 2.45) is 4.40 Å². The van der Waals surface area contributed by atoms with E-state index >= 15 is 0 Å². The number of benzene rings is 1. The van der Waals surface area contributed by atoms with Gasteiger partial charge in [0.2, 0.25) is 4.80 Å². The maximum atomic E-state index is 12.5. The topological polar surface area (TPSA) is 60.7 Å². The number of nitrogens with zero attached hydrogens (tertiary/aromatic N) is 2. The lowest BCUT2D eigenvalue weighted by atomic mass is 10.3. The van der Waals surface area contributed by atoms with E-state index in [2.05, 4.69) is 4.40 Å². The molecular weight excluding hydrogens is 388 g/mol. The number of thiazole rings is 1. The molecule has 2 aromatic heterocycles. The maximum absolute atomic E-state index is 12.5. The predicted molar refractivity (Wildman–Crippen MR) is 98.4 cm³/mol. The molecule has 0 bridgehead atoms. The van der Waals surface area contributed by atoms with Crippen molar-refractivity contribution in [3.63, 3.8) is 0 Å². The molecule has 128 valence electrons. The van der Waals surface area contributed by atoms with Gasteiger partial charge in [-0.15, -0.1) is 15.7 Å². The van der Waals surface area contributed by atoms with Crippen LogP contribution in [-0.2, 0) is 21.3 Å². The van der Waals surface area contributed by atoms with Crippen molar-refractivity contribution in [2.45, 2.75) is 17.7 Å². The van der Waals surface area contributed by atoms with E-state index in [0.717, 1.165) is 21.6 Å². The second-order valence-electron chi connectivity index (χ2n) is 4.83. The molecule has 0 aliphatic rings. The van der Waals surface area contributed by atoms with Crippen LogP contribution in [0.15, 0.2) is 45.0 Å². The summed E-state index contributed by atoms with van der Waals surface area (Å²) in [4.78, 5) is 0.431. The number of sulfonamides is 1. The summed E-state index contributed by atoms with van der Waals surface area (Å²) in [5, 5.41) is 0. The molecular formula is C15H15ClN2O3S3. The molecule has 3 rings (SSSR count). The highest BCUT2D eigenvalue weighted by molar-refractivity contribution is 7.92. The minimum absolute atomic E-state index is 0.140. The number of para-hydroxylation sites is 1. The molecule has 9 heteroatoms. The maximum Gasteiger partial charge on any atom is 0.294 e. The first-order valence-corrected chi connectivity index (χ1v) is 10.7. The van der Waals surface area contributed by atoms with E-state index < -0.39 is 10.0 Å². The van der Waals surface area contributed by atoms with Crippen LogP contribution in [0, 0.1) is 0 Å². The van der Waals surface area contributed by atoms with Crippen molar-refractivity contribution in [1.82, 2.24) is 4.57 Å². The molecule has 0 unspecified atom stereocenters. The van der Waals surface area contributed by atoms with Gasteiger partial charge in [-0.05, 0) is 31.2 Å². The zero-order valence-electron chi connectivity index (χ0n) is 12.8. The minimum Gasteiger partial charge on any atom is -0.380 e. The molecule has 0 N–H and O–H groups in total. The summed E-state index contributed by atoms with van der Waals surface area (Å²) in [6.07, 6.45) is 0. The van der Waals surface area contributed by atoms with E-state index in [-0.39, 0.29) is 4.21 Å². The van der Waals surface area contributed by atoms with Crippen molar-refractivity contribution in [3.05, 3.63) is 45.5 Å². The molecule has 0 radical (unpaired) electrons. The van der Waals surface area contributed by atoms with Gasteiger partial charge in [-0.3, -0.25) is 0 Å². The van der Waals surface area contributed by atoms with Gasteiger partial charge in [0, 0.05) is 13.2 Å². The Bertz CT molecular complexity index is 1020. The van der Waals surface area contributed by atoms with Gasteiger partial charge in [-0.1, -0.05) is 35.1 Å². The van der Waals surface area contributed by atoms with Crippen LogP contribution in [0.1, 0.15) is 6.92 Å². The van der Waals surface area contributed by atoms with Gasteiger partial charge in [-0.2, -0.15) is 8.42 Å². The van der Waals surface area contributed by atoms with E-state index in [1.807, 2.05) is 35.8 Å². The highest BCUT2D eigenvalue weighted by atomic mass is 35.5. The fraction of sp³-hybridized carbons (Fsp3) is 0.267. The van der Waals surface area contributed by atoms with E-state index in [1.165, 1.54) is 17.4 Å². The third kappa shape index (κ3) is 3.73. The van der Waals surface area contributed by atoms with Crippen LogP contribution in [-0.4, -0.2) is 26.2 Å². The summed E-state index contributed by atoms with van der Waals surface area (Å²) in [5.41, 5.74) is 0.945. The lowest BCUT2D eigenvalue weighted by Crippen LogP contribution is -2.19. The molecule has 5 nitrogen and oxygen atoms in total. The van der Waals surface area contributed by atoms with Crippen LogP contribution in [0.4, 0.5) is 0 Å². The second-order valence-corrected chi connectivity index (χ2v) is 9.38. The first kappa shape index (κ1) is 17.6. The fourth-order valence-electron chi connectivity index (χ4n) is 2.19. The molecule has 0 atom stereocenters. The van der Waals surface area contributed by atoms with Crippen molar-refractivity contribution in [3.8, 4) is 0 Å². The van der Waals surface area contributed by atoms with Crippen LogP contribution < -0.4 is 4.80 Å². The summed E-state index contributed by atoms with van der Waals surface area (Å²) in [5.74, 6) is 0. The van der Waals surface area contributed by atoms with Crippen molar-refractivity contribution < 1.29 is 13.2 Å². The monoisotopic (exact) mass is 402 g/mol. The van der Waals surface area contributed by atoms with Gasteiger partial charge >= 0.3 is 0 Å². The Kier molecular flexibility index (Phi) is 5.41. The molecule has 3 aromatic rings. The molecule has 0 saturated carbocycles. The lowest BCUT2D eigenvalue weighted by Gasteiger charge is -2.05. The average Bonchev–Trinajstić information content (AvgIpc) is 3.12. The molecule has 2 heterocycles. The Morgan fingerprint density at radius 2 is 2.00 bits per heavy atom. The van der Waals surface area contributed by atoms with Crippen molar-refractivity contribution in [2.75, 3.05) is 13.2 Å². The van der Waals surface area contributed by atoms with Gasteiger partial charge in [-0.25, -0.2) is 0 Å². The predicted octanol–water partition coefficient (Wildman–Crippen LogP) is 3.74. The summed E-state index contributed by atoms with van der Waals surface area (Å²) in [7, 11) is -3.79. The van der Waals surface area contributed by atoms with Crippen LogP contribution >= 0.6 is 34.3 Å². The van der Waals surface area contributed by atoms with Gasteiger partial charge in [0.1, 0.15) is 4.21 Å². The average molecular weight is 403 g/mol. The number of aromatic nitrogens is 1. The van der Waals surface area contributed by atoms with Crippen molar-refractivity contribution in [1.29, 1.82) is 0 Å². The highest BCUT2D eigenvalue weighted by Crippen LogP contribution is 2.27. The quantitative estimate of drug-likeness (QED) is 0.590. The largest absolute Gasteiger partial charge is 0.380 e. The summed E-state index contributed by atoms with van der Waals surface area (Å²) in [6, 6.07) is 10.8. The molecule has 24 heavy (non-hydrogen) atoms. The first-order valence-electron chi connectivity index (χ1n) is 7.24. The van der Waals surface area contributed by atoms with Crippen LogP contribution in [0.25, 0.3) is 10.2 Å². The summed E-state index contributed by atoms with van der Waals surface area (Å²) >= 11 is 8.19. The molecule has 0 fully saturated rings. The third-order valence-corrected chi connectivity index (χ3v) is 7.39. The fourth-order valence-corrected chi connectivity index (χ4v) is 5.91. The van der Waals surface area contributed by atoms with Gasteiger partial charge in [0.05, 0.1) is 21.2 Å². The third-order valence-electron chi connectivity index (χ3n) is 3.25. The number of hydrogen-bond donors (Lipinski definition) is 0. The zero-order chi connectivity index (χ0) is 17.2. The Morgan fingerprint density at radius 3 is 2.71 bits per heavy atom. The highest BCUT2D eigenvalue weighted by Gasteiger charge is 2.17. The minimum atomic E-state index is -3.79. The van der Waals surface area contributed by atoms with E-state index in [1.54, 1.807) is 6.07 Å². The number of ether oxygens (including phenoxy) is 1. The van der Waals surface area contributed by atoms with Crippen LogP contribution in [0.3, 0.4) is 0 Å². The van der Waals surface area contributed by atoms with Gasteiger partial charge < -0.3 is 9.30 Å². The number of hydrogen-bond acceptors (Lipinski definition) is 5. The van der Waals surface area contributed by atoms with Crippen LogP contribution in [0.5, 0.6) is 0 Å². The van der Waals surface area contributed by atoms with Gasteiger partial charge in [0.25, 0.3) is 10.0 Å². The van der Waals surface area contributed by atoms with Gasteiger partial charge in [0.15, 0.2) is 0 Å². The molecule has 1 aromatic carbocycles. The van der Waals surface area contributed by atoms with Crippen molar-refractivity contribution >= 4 is 54.5 Å². The standard InChI is InChI=1S/C15H15ClN2O3S3/c1-2-21-10-9-18-11-5-3-4-6-12(11)22-15(18)17-24(19,20)14-8-7-13(16)23-14/h3-8H,2,9-10H2,1H3/b17-15-. The zero-order valence-corrected chi connectivity index (χ0v) is 16.0.